The summed E-state index contributed by atoms with van der Waals surface area (Å²) in [5.41, 5.74) is 1.63. The fraction of sp³-hybridized carbons (Fsp3) is 0.182. The zero-order valence-corrected chi connectivity index (χ0v) is 8.30. The molecule has 0 saturated heterocycles. The second-order valence-electron chi connectivity index (χ2n) is 3.25. The van der Waals surface area contributed by atoms with Crippen LogP contribution in [-0.4, -0.2) is 9.91 Å². The van der Waals surface area contributed by atoms with Gasteiger partial charge in [-0.15, -0.1) is 0 Å². The van der Waals surface area contributed by atoms with Crippen LogP contribution < -0.4 is 0 Å². The van der Waals surface area contributed by atoms with E-state index in [0.717, 1.165) is 17.4 Å². The van der Waals surface area contributed by atoms with Crippen molar-refractivity contribution in [2.45, 2.75) is 13.3 Å². The first-order chi connectivity index (χ1) is 7.24. The van der Waals surface area contributed by atoms with Gasteiger partial charge in [-0.3, -0.25) is 10.1 Å². The van der Waals surface area contributed by atoms with Crippen LogP contribution in [0.15, 0.2) is 30.5 Å². The highest BCUT2D eigenvalue weighted by molar-refractivity contribution is 5.89. The predicted molar refractivity (Wildman–Crippen MR) is 57.8 cm³/mol. The minimum Gasteiger partial charge on any atom is -0.258 e. The smallest absolute Gasteiger partial charge is 0.258 e. The lowest BCUT2D eigenvalue weighted by molar-refractivity contribution is -0.383. The SMILES string of the molecule is CCc1ccnc2c([N+](=O)[O-])cccc12. The number of aryl methyl sites for hydroxylation is 1. The maximum absolute atomic E-state index is 10.8. The molecule has 1 aromatic carbocycles. The Bertz CT molecular complexity index is 523. The summed E-state index contributed by atoms with van der Waals surface area (Å²) in [4.78, 5) is 14.5. The van der Waals surface area contributed by atoms with Crippen LogP contribution in [0.4, 0.5) is 5.69 Å². The normalized spacial score (nSPS) is 10.5. The number of nitrogens with zero attached hydrogens (tertiary/aromatic N) is 2. The molecule has 0 radical (unpaired) electrons. The van der Waals surface area contributed by atoms with Crippen LogP contribution in [0.2, 0.25) is 0 Å². The average Bonchev–Trinajstić information content (AvgIpc) is 2.27. The Balaban J connectivity index is 2.82. The lowest BCUT2D eigenvalue weighted by atomic mass is 10.1. The van der Waals surface area contributed by atoms with Crippen molar-refractivity contribution in [2.75, 3.05) is 0 Å². The largest absolute Gasteiger partial charge is 0.295 e. The third-order valence-corrected chi connectivity index (χ3v) is 2.42. The number of hydrogen-bond acceptors (Lipinski definition) is 3. The van der Waals surface area contributed by atoms with Gasteiger partial charge < -0.3 is 0 Å². The molecule has 0 aliphatic rings. The van der Waals surface area contributed by atoms with Gasteiger partial charge in [0, 0.05) is 17.6 Å². The Morgan fingerprint density at radius 1 is 1.40 bits per heavy atom. The maximum Gasteiger partial charge on any atom is 0.295 e. The summed E-state index contributed by atoms with van der Waals surface area (Å²) in [5, 5.41) is 11.6. The number of hydrogen-bond donors (Lipinski definition) is 0. The summed E-state index contributed by atoms with van der Waals surface area (Å²) in [6, 6.07) is 6.94. The van der Waals surface area contributed by atoms with E-state index in [1.807, 2.05) is 19.1 Å². The van der Waals surface area contributed by atoms with E-state index in [1.165, 1.54) is 6.07 Å². The molecule has 0 saturated carbocycles. The van der Waals surface area contributed by atoms with Gasteiger partial charge in [0.05, 0.1) is 4.92 Å². The maximum atomic E-state index is 10.8. The highest BCUT2D eigenvalue weighted by Crippen LogP contribution is 2.25. The number of pyridine rings is 1. The van der Waals surface area contributed by atoms with Gasteiger partial charge in [0.25, 0.3) is 5.69 Å². The van der Waals surface area contributed by atoms with E-state index in [0.29, 0.717) is 5.52 Å². The first-order valence-electron chi connectivity index (χ1n) is 4.75. The first-order valence-corrected chi connectivity index (χ1v) is 4.75. The minimum atomic E-state index is -0.394. The van der Waals surface area contributed by atoms with Gasteiger partial charge >= 0.3 is 0 Å². The average molecular weight is 202 g/mol. The molecule has 0 unspecified atom stereocenters. The van der Waals surface area contributed by atoms with Crippen molar-refractivity contribution in [3.05, 3.63) is 46.1 Å². The van der Waals surface area contributed by atoms with Crippen molar-refractivity contribution >= 4 is 16.6 Å². The lowest BCUT2D eigenvalue weighted by Gasteiger charge is -2.02. The molecule has 15 heavy (non-hydrogen) atoms. The van der Waals surface area contributed by atoms with Gasteiger partial charge in [0.1, 0.15) is 5.52 Å². The van der Waals surface area contributed by atoms with E-state index in [4.69, 9.17) is 0 Å². The highest BCUT2D eigenvalue weighted by atomic mass is 16.6. The summed E-state index contributed by atoms with van der Waals surface area (Å²) < 4.78 is 0. The monoisotopic (exact) mass is 202 g/mol. The number of fused-ring (bicyclic) bond motifs is 1. The Labute approximate surface area is 86.7 Å². The molecule has 0 bridgehead atoms. The van der Waals surface area contributed by atoms with Gasteiger partial charge in [0.2, 0.25) is 0 Å². The number of aromatic nitrogens is 1. The molecule has 1 heterocycles. The fourth-order valence-corrected chi connectivity index (χ4v) is 1.67. The van der Waals surface area contributed by atoms with E-state index in [2.05, 4.69) is 4.98 Å². The van der Waals surface area contributed by atoms with E-state index < -0.39 is 4.92 Å². The van der Waals surface area contributed by atoms with Gasteiger partial charge in [-0.1, -0.05) is 19.1 Å². The van der Waals surface area contributed by atoms with Crippen LogP contribution in [0.25, 0.3) is 10.9 Å². The van der Waals surface area contributed by atoms with E-state index in [-0.39, 0.29) is 5.69 Å². The molecule has 2 aromatic rings. The molecule has 0 amide bonds. The van der Waals surface area contributed by atoms with Crippen LogP contribution in [0.3, 0.4) is 0 Å². The third kappa shape index (κ3) is 1.54. The highest BCUT2D eigenvalue weighted by Gasteiger charge is 2.13. The van der Waals surface area contributed by atoms with Gasteiger partial charge in [-0.2, -0.15) is 0 Å². The summed E-state index contributed by atoms with van der Waals surface area (Å²) in [6.07, 6.45) is 2.47. The molecular weight excluding hydrogens is 192 g/mol. The van der Waals surface area contributed by atoms with Crippen molar-refractivity contribution in [3.63, 3.8) is 0 Å². The summed E-state index contributed by atoms with van der Waals surface area (Å²) >= 11 is 0. The molecule has 0 atom stereocenters. The number of non-ortho nitro benzene ring substituents is 1. The third-order valence-electron chi connectivity index (χ3n) is 2.42. The number of benzene rings is 1. The predicted octanol–water partition coefficient (Wildman–Crippen LogP) is 2.71. The first kappa shape index (κ1) is 9.58. The van der Waals surface area contributed by atoms with Crippen LogP contribution in [0, 0.1) is 10.1 Å². The van der Waals surface area contributed by atoms with Crippen molar-refractivity contribution in [2.24, 2.45) is 0 Å². The standard InChI is InChI=1S/C11H10N2O2/c1-2-8-6-7-12-11-9(8)4-3-5-10(11)13(14)15/h3-7H,2H2,1H3. The molecule has 0 N–H and O–H groups in total. The summed E-state index contributed by atoms with van der Waals surface area (Å²) in [5.74, 6) is 0. The topological polar surface area (TPSA) is 56.0 Å². The fourth-order valence-electron chi connectivity index (χ4n) is 1.67. The molecule has 2 rings (SSSR count). The second-order valence-corrected chi connectivity index (χ2v) is 3.25. The molecule has 0 fully saturated rings. The summed E-state index contributed by atoms with van der Waals surface area (Å²) in [7, 11) is 0. The van der Waals surface area contributed by atoms with E-state index in [1.54, 1.807) is 12.3 Å². The van der Waals surface area contributed by atoms with E-state index in [9.17, 15) is 10.1 Å². The van der Waals surface area contributed by atoms with Crippen molar-refractivity contribution < 1.29 is 4.92 Å². The zero-order valence-electron chi connectivity index (χ0n) is 8.30. The Hall–Kier alpha value is -1.97. The van der Waals surface area contributed by atoms with Gasteiger partial charge in [-0.25, -0.2) is 4.98 Å². The molecule has 4 nitrogen and oxygen atoms in total. The molecule has 0 aliphatic carbocycles. The zero-order chi connectivity index (χ0) is 10.8. The molecule has 0 aliphatic heterocycles. The Morgan fingerprint density at radius 2 is 2.20 bits per heavy atom. The van der Waals surface area contributed by atoms with E-state index >= 15 is 0 Å². The molecule has 1 aromatic heterocycles. The molecule has 0 spiro atoms. The molecular formula is C11H10N2O2. The van der Waals surface area contributed by atoms with Crippen molar-refractivity contribution in [3.8, 4) is 0 Å². The van der Waals surface area contributed by atoms with Crippen molar-refractivity contribution in [1.29, 1.82) is 0 Å². The van der Waals surface area contributed by atoms with Crippen LogP contribution in [-0.2, 0) is 6.42 Å². The number of para-hydroxylation sites is 1. The second kappa shape index (κ2) is 3.65. The quantitative estimate of drug-likeness (QED) is 0.555. The Kier molecular flexibility index (Phi) is 2.33. The number of nitro groups is 1. The lowest BCUT2D eigenvalue weighted by Crippen LogP contribution is -1.93. The molecule has 4 heteroatoms. The summed E-state index contributed by atoms with van der Waals surface area (Å²) in [6.45, 7) is 2.02. The van der Waals surface area contributed by atoms with Gasteiger partial charge in [0.15, 0.2) is 0 Å². The van der Waals surface area contributed by atoms with Crippen LogP contribution in [0.5, 0.6) is 0 Å². The van der Waals surface area contributed by atoms with Crippen LogP contribution in [0.1, 0.15) is 12.5 Å². The van der Waals surface area contributed by atoms with Crippen LogP contribution >= 0.6 is 0 Å². The van der Waals surface area contributed by atoms with Crippen molar-refractivity contribution in [1.82, 2.24) is 4.98 Å². The minimum absolute atomic E-state index is 0.0720. The number of rotatable bonds is 2. The molecule has 76 valence electrons. The van der Waals surface area contributed by atoms with Gasteiger partial charge in [-0.05, 0) is 18.1 Å². The Morgan fingerprint density at radius 3 is 2.87 bits per heavy atom. The number of nitro benzene ring substituents is 1.